The van der Waals surface area contributed by atoms with Crippen LogP contribution in [0.15, 0.2) is 36.7 Å². The van der Waals surface area contributed by atoms with E-state index < -0.39 is 0 Å². The molecule has 9 nitrogen and oxygen atoms in total. The van der Waals surface area contributed by atoms with Gasteiger partial charge in [-0.15, -0.1) is 0 Å². The van der Waals surface area contributed by atoms with E-state index in [0.29, 0.717) is 13.1 Å². The number of likely N-dealkylation sites (N-methyl/N-ethyl adjacent to an activating group) is 1. The number of pyridine rings is 1. The molecular formula is C27H31N7O2. The van der Waals surface area contributed by atoms with Gasteiger partial charge in [-0.25, -0.2) is 4.98 Å². The van der Waals surface area contributed by atoms with Crippen LogP contribution in [0.4, 0.5) is 0 Å². The molecule has 1 atom stereocenters. The molecule has 9 heteroatoms. The van der Waals surface area contributed by atoms with Crippen LogP contribution in [0, 0.1) is 0 Å². The molecule has 4 aromatic rings. The number of likely N-dealkylation sites (tertiary alicyclic amines) is 1. The topological polar surface area (TPSA) is 92.2 Å². The van der Waals surface area contributed by atoms with Gasteiger partial charge in [0.25, 0.3) is 0 Å². The highest BCUT2D eigenvalue weighted by atomic mass is 16.5. The monoisotopic (exact) mass is 485 g/mol. The van der Waals surface area contributed by atoms with Crippen molar-refractivity contribution >= 4 is 16.9 Å². The van der Waals surface area contributed by atoms with Gasteiger partial charge < -0.3 is 9.64 Å². The molecule has 1 amide bonds. The van der Waals surface area contributed by atoms with Crippen molar-refractivity contribution in [2.75, 3.05) is 34.3 Å². The summed E-state index contributed by atoms with van der Waals surface area (Å²) in [7, 11) is 5.53. The molecule has 1 aromatic carbocycles. The fourth-order valence-electron chi connectivity index (χ4n) is 5.27. The van der Waals surface area contributed by atoms with Gasteiger partial charge >= 0.3 is 0 Å². The van der Waals surface area contributed by atoms with E-state index in [1.807, 2.05) is 54.0 Å². The van der Waals surface area contributed by atoms with Crippen LogP contribution in [0.25, 0.3) is 33.5 Å². The molecule has 1 saturated heterocycles. The highest BCUT2D eigenvalue weighted by Gasteiger charge is 2.35. The lowest BCUT2D eigenvalue weighted by Gasteiger charge is -2.41. The summed E-state index contributed by atoms with van der Waals surface area (Å²) < 4.78 is 7.68. The molecule has 1 fully saturated rings. The molecule has 4 heterocycles. The average molecular weight is 486 g/mol. The van der Waals surface area contributed by atoms with Crippen molar-refractivity contribution in [2.24, 2.45) is 0 Å². The number of fused-ring (bicyclic) bond motifs is 2. The summed E-state index contributed by atoms with van der Waals surface area (Å²) in [4.78, 5) is 21.5. The van der Waals surface area contributed by atoms with E-state index in [1.54, 1.807) is 7.11 Å². The van der Waals surface area contributed by atoms with Crippen molar-refractivity contribution in [2.45, 2.75) is 38.3 Å². The summed E-state index contributed by atoms with van der Waals surface area (Å²) in [6, 6.07) is 8.48. The molecule has 1 aliphatic carbocycles. The maximum absolute atomic E-state index is 12.6. The second-order valence-electron chi connectivity index (χ2n) is 10.1. The zero-order valence-corrected chi connectivity index (χ0v) is 21.2. The molecule has 0 bridgehead atoms. The number of H-pyrrole nitrogens is 1. The zero-order valence-electron chi connectivity index (χ0n) is 21.2. The van der Waals surface area contributed by atoms with E-state index in [9.17, 15) is 4.79 Å². The third kappa shape index (κ3) is 3.65. The molecule has 3 aromatic heterocycles. The summed E-state index contributed by atoms with van der Waals surface area (Å²) in [6.07, 6.45) is 7.18. The number of hydrogen-bond acceptors (Lipinski definition) is 6. The lowest BCUT2D eigenvalue weighted by atomic mass is 9.99. The molecular weight excluding hydrogens is 454 g/mol. The fourth-order valence-corrected chi connectivity index (χ4v) is 5.27. The van der Waals surface area contributed by atoms with Gasteiger partial charge in [0, 0.05) is 36.5 Å². The smallest absolute Gasteiger partial charge is 0.239 e. The van der Waals surface area contributed by atoms with Gasteiger partial charge in [-0.3, -0.25) is 19.5 Å². The molecule has 1 N–H and O–H groups in total. The Morgan fingerprint density at radius 1 is 1.22 bits per heavy atom. The number of benzene rings is 1. The third-order valence-electron chi connectivity index (χ3n) is 7.68. The highest BCUT2D eigenvalue weighted by Crippen LogP contribution is 2.39. The number of nitrogens with one attached hydrogen (secondary N) is 1. The number of rotatable bonds is 6. The summed E-state index contributed by atoms with van der Waals surface area (Å²) in [5.41, 5.74) is 8.04. The first-order valence-corrected chi connectivity index (χ1v) is 12.5. The summed E-state index contributed by atoms with van der Waals surface area (Å²) in [6.45, 7) is 3.26. The third-order valence-corrected chi connectivity index (χ3v) is 7.68. The zero-order chi connectivity index (χ0) is 25.0. The Bertz CT molecular complexity index is 1450. The van der Waals surface area contributed by atoms with Gasteiger partial charge in [0.2, 0.25) is 5.91 Å². The number of aryl methyl sites for hydroxylation is 1. The van der Waals surface area contributed by atoms with Crippen molar-refractivity contribution in [1.29, 1.82) is 0 Å². The van der Waals surface area contributed by atoms with Gasteiger partial charge in [-0.2, -0.15) is 10.2 Å². The predicted molar refractivity (Wildman–Crippen MR) is 138 cm³/mol. The van der Waals surface area contributed by atoms with Crippen LogP contribution < -0.4 is 4.74 Å². The molecule has 186 valence electrons. The highest BCUT2D eigenvalue weighted by molar-refractivity contribution is 5.93. The number of carbonyl (C=O) groups excluding carboxylic acids is 1. The Morgan fingerprint density at radius 3 is 2.83 bits per heavy atom. The number of carbonyl (C=O) groups is 1. The summed E-state index contributed by atoms with van der Waals surface area (Å²) >= 11 is 0. The first-order valence-electron chi connectivity index (χ1n) is 12.5. The van der Waals surface area contributed by atoms with Crippen LogP contribution in [0.1, 0.15) is 30.5 Å². The number of hydrogen-bond donors (Lipinski definition) is 1. The molecule has 0 spiro atoms. The van der Waals surface area contributed by atoms with Crippen molar-refractivity contribution in [3.63, 3.8) is 0 Å². The minimum Gasteiger partial charge on any atom is -0.494 e. The molecule has 0 saturated carbocycles. The first-order chi connectivity index (χ1) is 17.4. The number of methoxy groups -OCH3 is 1. The lowest BCUT2D eigenvalue weighted by molar-refractivity contribution is -0.141. The molecule has 1 aliphatic heterocycles. The average Bonchev–Trinajstić information content (AvgIpc) is 3.60. The largest absolute Gasteiger partial charge is 0.494 e. The van der Waals surface area contributed by atoms with E-state index in [1.165, 1.54) is 17.5 Å². The Morgan fingerprint density at radius 2 is 2.06 bits per heavy atom. The van der Waals surface area contributed by atoms with E-state index in [4.69, 9.17) is 9.72 Å². The summed E-state index contributed by atoms with van der Waals surface area (Å²) in [5, 5.41) is 12.3. The van der Waals surface area contributed by atoms with Crippen LogP contribution in [-0.2, 0) is 17.6 Å². The Hall–Kier alpha value is -3.72. The quantitative estimate of drug-likeness (QED) is 0.451. The van der Waals surface area contributed by atoms with Crippen LogP contribution in [0.5, 0.6) is 5.75 Å². The molecule has 36 heavy (non-hydrogen) atoms. The van der Waals surface area contributed by atoms with Crippen LogP contribution >= 0.6 is 0 Å². The van der Waals surface area contributed by atoms with Crippen LogP contribution in [0.3, 0.4) is 0 Å². The Labute approximate surface area is 210 Å². The van der Waals surface area contributed by atoms with Gasteiger partial charge in [0.1, 0.15) is 22.7 Å². The van der Waals surface area contributed by atoms with E-state index >= 15 is 0 Å². The van der Waals surface area contributed by atoms with Gasteiger partial charge in [0.15, 0.2) is 0 Å². The van der Waals surface area contributed by atoms with Gasteiger partial charge in [-0.1, -0.05) is 18.2 Å². The number of amides is 1. The second kappa shape index (κ2) is 8.74. The number of nitrogens with zero attached hydrogens (tertiary/aromatic N) is 6. The Kier molecular flexibility index (Phi) is 5.52. The van der Waals surface area contributed by atoms with Crippen molar-refractivity contribution in [1.82, 2.24) is 34.8 Å². The van der Waals surface area contributed by atoms with Crippen LogP contribution in [-0.4, -0.2) is 81.0 Å². The van der Waals surface area contributed by atoms with E-state index in [-0.39, 0.29) is 18.0 Å². The molecule has 0 radical (unpaired) electrons. The van der Waals surface area contributed by atoms with Gasteiger partial charge in [-0.05, 0) is 51.4 Å². The number of aromatic amines is 1. The minimum atomic E-state index is -0.127. The summed E-state index contributed by atoms with van der Waals surface area (Å²) in [5.74, 6) is 0.889. The van der Waals surface area contributed by atoms with Crippen molar-refractivity contribution < 1.29 is 9.53 Å². The second-order valence-corrected chi connectivity index (χ2v) is 10.1. The molecule has 6 rings (SSSR count). The predicted octanol–water partition coefficient (Wildman–Crippen LogP) is 3.32. The first kappa shape index (κ1) is 22.7. The Balaban J connectivity index is 1.30. The standard InChI is InChI=1S/C27H31N7O2/c1-16(32(2)3)27(35)33-14-19(15-33)34-13-18(12-28-34)24-26-22(30-31-24)11-23(36-4)25(29-26)21-10-6-8-17-7-5-9-20(17)21/h6,8,10-13,16,19H,5,7,9,14-15H2,1-4H3,(H,30,31)/t16-/m0/s1. The van der Waals surface area contributed by atoms with Crippen molar-refractivity contribution in [3.05, 3.63) is 47.8 Å². The number of aromatic nitrogens is 5. The molecule has 0 unspecified atom stereocenters. The lowest BCUT2D eigenvalue weighted by Crippen LogP contribution is -2.55. The minimum absolute atomic E-state index is 0.127. The van der Waals surface area contributed by atoms with E-state index in [0.717, 1.165) is 52.1 Å². The van der Waals surface area contributed by atoms with Crippen LogP contribution in [0.2, 0.25) is 0 Å². The molecule has 2 aliphatic rings. The van der Waals surface area contributed by atoms with E-state index in [2.05, 4.69) is 33.5 Å². The van der Waals surface area contributed by atoms with Crippen molar-refractivity contribution in [3.8, 4) is 28.3 Å². The maximum Gasteiger partial charge on any atom is 0.239 e. The van der Waals surface area contributed by atoms with Gasteiger partial charge in [0.05, 0.1) is 30.9 Å². The maximum atomic E-state index is 12.6. The number of ether oxygens (including phenoxy) is 1. The SMILES string of the molecule is COc1cc2[nH]nc(-c3cnn(C4CN(C(=O)[C@H](C)N(C)C)C4)c3)c2nc1-c1cccc2c1CCC2. The normalized spacial score (nSPS) is 16.4. The fraction of sp³-hybridized carbons (Fsp3) is 0.407.